The van der Waals surface area contributed by atoms with Crippen molar-refractivity contribution in [2.45, 2.75) is 33.6 Å². The Kier molecular flexibility index (Phi) is 5.97. The molecule has 1 amide bonds. The number of aryl methyl sites for hydroxylation is 2. The SMILES string of the molecule is CCCc1nnsc1C(=O)N1CCN(c2nc(C)cc(NCC)n2)CC1. The molecule has 2 aromatic heterocycles. The highest BCUT2D eigenvalue weighted by atomic mass is 32.1. The van der Waals surface area contributed by atoms with Crippen molar-refractivity contribution in [1.29, 1.82) is 0 Å². The topological polar surface area (TPSA) is 87.1 Å². The van der Waals surface area contributed by atoms with Crippen LogP contribution in [0.3, 0.4) is 0 Å². The fourth-order valence-corrected chi connectivity index (χ4v) is 3.67. The van der Waals surface area contributed by atoms with Crippen LogP contribution in [0.2, 0.25) is 0 Å². The molecule has 0 aromatic carbocycles. The zero-order valence-corrected chi connectivity index (χ0v) is 16.3. The Bertz CT molecular complexity index is 755. The van der Waals surface area contributed by atoms with Gasteiger partial charge in [0, 0.05) is 44.5 Å². The fraction of sp³-hybridized carbons (Fsp3) is 0.588. The van der Waals surface area contributed by atoms with Crippen LogP contribution in [-0.2, 0) is 6.42 Å². The zero-order valence-electron chi connectivity index (χ0n) is 15.5. The normalized spacial score (nSPS) is 14.6. The lowest BCUT2D eigenvalue weighted by atomic mass is 10.2. The molecule has 0 radical (unpaired) electrons. The fourth-order valence-electron chi connectivity index (χ4n) is 2.99. The van der Waals surface area contributed by atoms with Gasteiger partial charge in [-0.3, -0.25) is 4.79 Å². The van der Waals surface area contributed by atoms with E-state index in [2.05, 4.69) is 36.7 Å². The van der Waals surface area contributed by atoms with Gasteiger partial charge < -0.3 is 15.1 Å². The van der Waals surface area contributed by atoms with Gasteiger partial charge in [0.15, 0.2) is 0 Å². The largest absolute Gasteiger partial charge is 0.370 e. The van der Waals surface area contributed by atoms with Crippen molar-refractivity contribution in [1.82, 2.24) is 24.5 Å². The van der Waals surface area contributed by atoms with Gasteiger partial charge in [-0.1, -0.05) is 17.8 Å². The molecule has 0 bridgehead atoms. The summed E-state index contributed by atoms with van der Waals surface area (Å²) in [5.74, 6) is 1.61. The molecule has 0 unspecified atom stereocenters. The summed E-state index contributed by atoms with van der Waals surface area (Å²) in [7, 11) is 0. The number of aromatic nitrogens is 4. The first-order chi connectivity index (χ1) is 12.6. The number of amides is 1. The quantitative estimate of drug-likeness (QED) is 0.826. The van der Waals surface area contributed by atoms with Crippen LogP contribution in [0.15, 0.2) is 6.07 Å². The predicted octanol–water partition coefficient (Wildman–Crippen LogP) is 1.98. The van der Waals surface area contributed by atoms with E-state index in [1.165, 1.54) is 11.5 Å². The van der Waals surface area contributed by atoms with Crippen LogP contribution in [-0.4, -0.2) is 63.1 Å². The molecule has 1 saturated heterocycles. The van der Waals surface area contributed by atoms with Crippen LogP contribution < -0.4 is 10.2 Å². The Labute approximate surface area is 157 Å². The average molecular weight is 376 g/mol. The number of rotatable bonds is 6. The van der Waals surface area contributed by atoms with Crippen LogP contribution in [0.1, 0.15) is 41.3 Å². The molecule has 9 heteroatoms. The summed E-state index contributed by atoms with van der Waals surface area (Å²) in [6, 6.07) is 1.94. The molecule has 1 N–H and O–H groups in total. The van der Waals surface area contributed by atoms with Crippen LogP contribution in [0, 0.1) is 6.92 Å². The summed E-state index contributed by atoms with van der Waals surface area (Å²) in [5, 5.41) is 7.34. The standard InChI is InChI=1S/C17H25N7OS/c1-4-6-13-15(26-22-21-13)16(25)23-7-9-24(10-8-23)17-19-12(3)11-14(20-17)18-5-2/h11H,4-10H2,1-3H3,(H,18,19,20). The Morgan fingerprint density at radius 3 is 2.69 bits per heavy atom. The molecule has 8 nitrogen and oxygen atoms in total. The number of carbonyl (C=O) groups excluding carboxylic acids is 1. The number of carbonyl (C=O) groups is 1. The van der Waals surface area contributed by atoms with Gasteiger partial charge in [0.1, 0.15) is 10.7 Å². The summed E-state index contributed by atoms with van der Waals surface area (Å²) in [5.41, 5.74) is 1.76. The molecule has 0 saturated carbocycles. The van der Waals surface area contributed by atoms with Crippen molar-refractivity contribution in [2.75, 3.05) is 42.9 Å². The highest BCUT2D eigenvalue weighted by molar-refractivity contribution is 7.08. The molecule has 0 spiro atoms. The van der Waals surface area contributed by atoms with Crippen molar-refractivity contribution >= 4 is 29.2 Å². The first kappa shape index (κ1) is 18.5. The van der Waals surface area contributed by atoms with E-state index in [9.17, 15) is 4.79 Å². The molecule has 3 rings (SSSR count). The van der Waals surface area contributed by atoms with Crippen molar-refractivity contribution in [3.63, 3.8) is 0 Å². The number of anilines is 2. The summed E-state index contributed by atoms with van der Waals surface area (Å²) < 4.78 is 3.96. The molecule has 3 heterocycles. The predicted molar refractivity (Wildman–Crippen MR) is 103 cm³/mol. The Hall–Kier alpha value is -2.29. The van der Waals surface area contributed by atoms with Crippen molar-refractivity contribution in [2.24, 2.45) is 0 Å². The summed E-state index contributed by atoms with van der Waals surface area (Å²) in [6.07, 6.45) is 1.75. The number of hydrogen-bond donors (Lipinski definition) is 1. The molecular formula is C17H25N7OS. The first-order valence-electron chi connectivity index (χ1n) is 9.07. The van der Waals surface area contributed by atoms with E-state index in [-0.39, 0.29) is 5.91 Å². The van der Waals surface area contributed by atoms with Crippen LogP contribution in [0.25, 0.3) is 0 Å². The van der Waals surface area contributed by atoms with Gasteiger partial charge in [-0.25, -0.2) is 4.98 Å². The molecule has 140 valence electrons. The Balaban J connectivity index is 1.65. The molecular weight excluding hydrogens is 350 g/mol. The number of nitrogens with one attached hydrogen (secondary N) is 1. The van der Waals surface area contributed by atoms with E-state index in [0.717, 1.165) is 55.6 Å². The maximum atomic E-state index is 12.8. The lowest BCUT2D eigenvalue weighted by Gasteiger charge is -2.34. The van der Waals surface area contributed by atoms with E-state index in [4.69, 9.17) is 0 Å². The third-order valence-electron chi connectivity index (χ3n) is 4.29. The zero-order chi connectivity index (χ0) is 18.5. The van der Waals surface area contributed by atoms with Crippen LogP contribution in [0.5, 0.6) is 0 Å². The Morgan fingerprint density at radius 1 is 1.23 bits per heavy atom. The molecule has 1 aliphatic heterocycles. The Morgan fingerprint density at radius 2 is 2.00 bits per heavy atom. The molecule has 0 atom stereocenters. The number of hydrogen-bond acceptors (Lipinski definition) is 8. The van der Waals surface area contributed by atoms with Gasteiger partial charge in [0.05, 0.1) is 5.69 Å². The van der Waals surface area contributed by atoms with E-state index < -0.39 is 0 Å². The molecule has 1 aliphatic rings. The minimum absolute atomic E-state index is 0.0431. The van der Waals surface area contributed by atoms with Crippen LogP contribution in [0.4, 0.5) is 11.8 Å². The number of piperazine rings is 1. The smallest absolute Gasteiger partial charge is 0.267 e. The summed E-state index contributed by atoms with van der Waals surface area (Å²) in [6.45, 7) is 9.65. The minimum Gasteiger partial charge on any atom is -0.370 e. The summed E-state index contributed by atoms with van der Waals surface area (Å²) >= 11 is 1.20. The van der Waals surface area contributed by atoms with Crippen molar-refractivity contribution < 1.29 is 4.79 Å². The van der Waals surface area contributed by atoms with Gasteiger partial charge in [0.25, 0.3) is 5.91 Å². The monoisotopic (exact) mass is 375 g/mol. The summed E-state index contributed by atoms with van der Waals surface area (Å²) in [4.78, 5) is 26.6. The lowest BCUT2D eigenvalue weighted by Crippen LogP contribution is -2.49. The minimum atomic E-state index is 0.0431. The van der Waals surface area contributed by atoms with E-state index in [0.29, 0.717) is 18.0 Å². The third-order valence-corrected chi connectivity index (χ3v) is 5.04. The first-order valence-corrected chi connectivity index (χ1v) is 9.84. The maximum absolute atomic E-state index is 12.8. The van der Waals surface area contributed by atoms with Gasteiger partial charge >= 0.3 is 0 Å². The lowest BCUT2D eigenvalue weighted by molar-refractivity contribution is 0.0749. The van der Waals surface area contributed by atoms with Gasteiger partial charge in [-0.05, 0) is 31.8 Å². The highest BCUT2D eigenvalue weighted by Crippen LogP contribution is 2.19. The second kappa shape index (κ2) is 8.39. The molecule has 2 aromatic rings. The maximum Gasteiger partial charge on any atom is 0.267 e. The third kappa shape index (κ3) is 4.09. The van der Waals surface area contributed by atoms with E-state index >= 15 is 0 Å². The molecule has 26 heavy (non-hydrogen) atoms. The second-order valence-corrected chi connectivity index (χ2v) is 7.06. The highest BCUT2D eigenvalue weighted by Gasteiger charge is 2.27. The molecule has 0 aliphatic carbocycles. The van der Waals surface area contributed by atoms with Gasteiger partial charge in [-0.2, -0.15) is 4.98 Å². The van der Waals surface area contributed by atoms with Gasteiger partial charge in [-0.15, -0.1) is 5.10 Å². The van der Waals surface area contributed by atoms with E-state index in [1.54, 1.807) is 0 Å². The molecule has 1 fully saturated rings. The van der Waals surface area contributed by atoms with E-state index in [1.807, 2.05) is 24.8 Å². The van der Waals surface area contributed by atoms with Crippen molar-refractivity contribution in [3.05, 3.63) is 22.3 Å². The van der Waals surface area contributed by atoms with Crippen LogP contribution >= 0.6 is 11.5 Å². The van der Waals surface area contributed by atoms with Crippen molar-refractivity contribution in [3.8, 4) is 0 Å². The van der Waals surface area contributed by atoms with Gasteiger partial charge in [0.2, 0.25) is 5.95 Å². The number of nitrogens with zero attached hydrogens (tertiary/aromatic N) is 6. The average Bonchev–Trinajstić information content (AvgIpc) is 3.10. The second-order valence-electron chi connectivity index (χ2n) is 6.30.